The van der Waals surface area contributed by atoms with Crippen molar-refractivity contribution >= 4 is 11.9 Å². The Morgan fingerprint density at radius 2 is 2.12 bits per heavy atom. The molecule has 2 N–H and O–H groups in total. The minimum Gasteiger partial charge on any atom is -0.475 e. The van der Waals surface area contributed by atoms with E-state index < -0.39 is 11.9 Å². The van der Waals surface area contributed by atoms with Crippen LogP contribution in [0.3, 0.4) is 0 Å². The van der Waals surface area contributed by atoms with Gasteiger partial charge in [0.15, 0.2) is 5.69 Å². The average molecular weight is 240 g/mol. The van der Waals surface area contributed by atoms with E-state index in [1.165, 1.54) is 0 Å². The van der Waals surface area contributed by atoms with E-state index in [0.717, 1.165) is 18.9 Å². The first-order valence-corrected chi connectivity index (χ1v) is 5.56. The van der Waals surface area contributed by atoms with Crippen LogP contribution in [0.25, 0.3) is 0 Å². The fourth-order valence-electron chi connectivity index (χ4n) is 1.39. The van der Waals surface area contributed by atoms with E-state index in [1.807, 2.05) is 0 Å². The summed E-state index contributed by atoms with van der Waals surface area (Å²) in [5.74, 6) is -1.56. The summed E-state index contributed by atoms with van der Waals surface area (Å²) >= 11 is 0. The van der Waals surface area contributed by atoms with Gasteiger partial charge >= 0.3 is 5.97 Å². The van der Waals surface area contributed by atoms with Crippen LogP contribution in [0.1, 0.15) is 47.7 Å². The van der Waals surface area contributed by atoms with Crippen LogP contribution in [0.15, 0.2) is 10.6 Å². The highest BCUT2D eigenvalue weighted by Crippen LogP contribution is 2.07. The molecule has 1 rings (SSSR count). The number of rotatable bonds is 6. The minimum atomic E-state index is -1.24. The number of aromatic carboxylic acids is 1. The molecule has 0 fully saturated rings. The molecule has 17 heavy (non-hydrogen) atoms. The zero-order valence-electron chi connectivity index (χ0n) is 9.90. The second-order valence-corrected chi connectivity index (χ2v) is 3.77. The topological polar surface area (TPSA) is 92.4 Å². The SMILES string of the molecule is CCC(CC)CNC(=O)c1cc(C(=O)O)on1. The minimum absolute atomic E-state index is 0.00615. The van der Waals surface area contributed by atoms with Gasteiger partial charge in [0.1, 0.15) is 0 Å². The number of carbonyl (C=O) groups is 2. The Labute approximate surface area is 99.0 Å². The van der Waals surface area contributed by atoms with Crippen molar-refractivity contribution in [2.24, 2.45) is 5.92 Å². The molecule has 0 radical (unpaired) electrons. The number of hydrogen-bond donors (Lipinski definition) is 2. The lowest BCUT2D eigenvalue weighted by Crippen LogP contribution is -2.29. The third-order valence-corrected chi connectivity index (χ3v) is 2.66. The Bertz CT molecular complexity index is 396. The first-order valence-electron chi connectivity index (χ1n) is 5.56. The van der Waals surface area contributed by atoms with E-state index in [4.69, 9.17) is 5.11 Å². The summed E-state index contributed by atoms with van der Waals surface area (Å²) in [6.07, 6.45) is 1.96. The van der Waals surface area contributed by atoms with Crippen molar-refractivity contribution < 1.29 is 19.2 Å². The molecule has 0 saturated carbocycles. The standard InChI is InChI=1S/C11H16N2O4/c1-3-7(4-2)6-12-10(14)8-5-9(11(15)16)17-13-8/h5,7H,3-4,6H2,1-2H3,(H,12,14)(H,15,16). The summed E-state index contributed by atoms with van der Waals surface area (Å²) in [6.45, 7) is 4.67. The third kappa shape index (κ3) is 3.58. The molecular formula is C11H16N2O4. The van der Waals surface area contributed by atoms with Gasteiger partial charge in [0.05, 0.1) is 0 Å². The molecule has 0 bridgehead atoms. The van der Waals surface area contributed by atoms with Crippen LogP contribution in [0.2, 0.25) is 0 Å². The number of nitrogens with one attached hydrogen (secondary N) is 1. The fraction of sp³-hybridized carbons (Fsp3) is 0.545. The van der Waals surface area contributed by atoms with Crippen LogP contribution in [-0.4, -0.2) is 28.7 Å². The third-order valence-electron chi connectivity index (χ3n) is 2.66. The second kappa shape index (κ2) is 6.03. The average Bonchev–Trinajstić information content (AvgIpc) is 2.79. The molecule has 94 valence electrons. The smallest absolute Gasteiger partial charge is 0.374 e. The molecule has 6 nitrogen and oxygen atoms in total. The van der Waals surface area contributed by atoms with Gasteiger partial charge in [-0.25, -0.2) is 4.79 Å². The van der Waals surface area contributed by atoms with Crippen molar-refractivity contribution in [3.05, 3.63) is 17.5 Å². The van der Waals surface area contributed by atoms with Gasteiger partial charge in [-0.3, -0.25) is 4.79 Å². The van der Waals surface area contributed by atoms with E-state index >= 15 is 0 Å². The molecule has 0 saturated heterocycles. The molecule has 1 aromatic heterocycles. The van der Waals surface area contributed by atoms with Crippen molar-refractivity contribution in [2.45, 2.75) is 26.7 Å². The van der Waals surface area contributed by atoms with Crippen LogP contribution in [-0.2, 0) is 0 Å². The van der Waals surface area contributed by atoms with E-state index in [-0.39, 0.29) is 11.5 Å². The number of nitrogens with zero attached hydrogens (tertiary/aromatic N) is 1. The fourth-order valence-corrected chi connectivity index (χ4v) is 1.39. The van der Waals surface area contributed by atoms with Crippen molar-refractivity contribution in [1.82, 2.24) is 10.5 Å². The van der Waals surface area contributed by atoms with Gasteiger partial charge < -0.3 is 14.9 Å². The summed E-state index contributed by atoms with van der Waals surface area (Å²) in [5, 5.41) is 14.7. The maximum atomic E-state index is 11.6. The predicted octanol–water partition coefficient (Wildman–Crippen LogP) is 1.54. The van der Waals surface area contributed by atoms with Gasteiger partial charge in [0.2, 0.25) is 5.76 Å². The summed E-state index contributed by atoms with van der Waals surface area (Å²) in [4.78, 5) is 22.1. The van der Waals surface area contributed by atoms with Gasteiger partial charge in [0.25, 0.3) is 5.91 Å². The molecule has 0 aromatic carbocycles. The predicted molar refractivity (Wildman–Crippen MR) is 59.9 cm³/mol. The summed E-state index contributed by atoms with van der Waals surface area (Å²) in [6, 6.07) is 1.12. The maximum Gasteiger partial charge on any atom is 0.374 e. The highest BCUT2D eigenvalue weighted by molar-refractivity contribution is 5.94. The molecule has 1 aromatic rings. The van der Waals surface area contributed by atoms with E-state index in [1.54, 1.807) is 0 Å². The van der Waals surface area contributed by atoms with Crippen LogP contribution < -0.4 is 5.32 Å². The number of aromatic nitrogens is 1. The number of carbonyl (C=O) groups excluding carboxylic acids is 1. The zero-order chi connectivity index (χ0) is 12.8. The van der Waals surface area contributed by atoms with Crippen molar-refractivity contribution in [1.29, 1.82) is 0 Å². The Hall–Kier alpha value is -1.85. The zero-order valence-corrected chi connectivity index (χ0v) is 9.90. The molecule has 1 amide bonds. The molecule has 0 spiro atoms. The van der Waals surface area contributed by atoms with Crippen molar-refractivity contribution in [3.63, 3.8) is 0 Å². The van der Waals surface area contributed by atoms with Crippen molar-refractivity contribution in [3.8, 4) is 0 Å². The second-order valence-electron chi connectivity index (χ2n) is 3.77. The number of carboxylic acid groups (broad SMARTS) is 1. The van der Waals surface area contributed by atoms with Gasteiger partial charge in [-0.05, 0) is 5.92 Å². The van der Waals surface area contributed by atoms with E-state index in [0.29, 0.717) is 12.5 Å². The first kappa shape index (κ1) is 13.2. The van der Waals surface area contributed by atoms with Gasteiger partial charge in [-0.2, -0.15) is 0 Å². The largest absolute Gasteiger partial charge is 0.475 e. The summed E-state index contributed by atoms with van der Waals surface area (Å²) in [7, 11) is 0. The first-order chi connectivity index (χ1) is 8.08. The Morgan fingerprint density at radius 1 is 1.47 bits per heavy atom. The lowest BCUT2D eigenvalue weighted by molar-refractivity contribution is 0.0651. The van der Waals surface area contributed by atoms with E-state index in [9.17, 15) is 9.59 Å². The van der Waals surface area contributed by atoms with Crippen LogP contribution in [0.4, 0.5) is 0 Å². The molecule has 0 unspecified atom stereocenters. The molecule has 0 aliphatic heterocycles. The Morgan fingerprint density at radius 3 is 2.59 bits per heavy atom. The molecule has 0 aliphatic carbocycles. The van der Waals surface area contributed by atoms with Gasteiger partial charge in [0, 0.05) is 12.6 Å². The summed E-state index contributed by atoms with van der Waals surface area (Å²) in [5.41, 5.74) is -0.00615. The van der Waals surface area contributed by atoms with Gasteiger partial charge in [-0.1, -0.05) is 31.8 Å². The van der Waals surface area contributed by atoms with Crippen molar-refractivity contribution in [2.75, 3.05) is 6.54 Å². The number of amides is 1. The number of hydrogen-bond acceptors (Lipinski definition) is 4. The maximum absolute atomic E-state index is 11.6. The molecular weight excluding hydrogens is 224 g/mol. The monoisotopic (exact) mass is 240 g/mol. The Balaban J connectivity index is 2.54. The lowest BCUT2D eigenvalue weighted by atomic mass is 10.0. The molecule has 6 heteroatoms. The highest BCUT2D eigenvalue weighted by atomic mass is 16.5. The molecule has 1 heterocycles. The van der Waals surface area contributed by atoms with E-state index in [2.05, 4.69) is 28.8 Å². The summed E-state index contributed by atoms with van der Waals surface area (Å²) < 4.78 is 4.50. The normalized spacial score (nSPS) is 10.5. The highest BCUT2D eigenvalue weighted by Gasteiger charge is 2.16. The Kier molecular flexibility index (Phi) is 4.68. The molecule has 0 atom stereocenters. The lowest BCUT2D eigenvalue weighted by Gasteiger charge is -2.11. The van der Waals surface area contributed by atoms with Crippen LogP contribution in [0.5, 0.6) is 0 Å². The number of carboxylic acids is 1. The quantitative estimate of drug-likeness (QED) is 0.786. The van der Waals surface area contributed by atoms with Crippen LogP contribution in [0, 0.1) is 5.92 Å². The van der Waals surface area contributed by atoms with Crippen LogP contribution >= 0.6 is 0 Å². The molecule has 0 aliphatic rings. The van der Waals surface area contributed by atoms with Gasteiger partial charge in [-0.15, -0.1) is 0 Å².